The predicted molar refractivity (Wildman–Crippen MR) is 82.8 cm³/mol. The maximum absolute atomic E-state index is 4.81. The lowest BCUT2D eigenvalue weighted by atomic mass is 10.0. The molecule has 19 heavy (non-hydrogen) atoms. The number of aryl methyl sites for hydroxylation is 1. The predicted octanol–water partition coefficient (Wildman–Crippen LogP) is 2.84. The molecule has 2 rings (SSSR count). The number of hydrogen-bond acceptors (Lipinski definition) is 4. The molecule has 1 atom stereocenters. The van der Waals surface area contributed by atoms with Crippen molar-refractivity contribution in [3.63, 3.8) is 0 Å². The zero-order valence-electron chi connectivity index (χ0n) is 12.5. The Balaban J connectivity index is 1.91. The molecule has 0 amide bonds. The molecule has 1 unspecified atom stereocenters. The zero-order chi connectivity index (χ0) is 13.7. The zero-order valence-corrected chi connectivity index (χ0v) is 13.4. The fourth-order valence-electron chi connectivity index (χ4n) is 2.85. The molecule has 3 nitrogen and oxygen atoms in total. The van der Waals surface area contributed by atoms with Gasteiger partial charge in [-0.15, -0.1) is 11.3 Å². The van der Waals surface area contributed by atoms with Gasteiger partial charge in [0.1, 0.15) is 0 Å². The van der Waals surface area contributed by atoms with Crippen molar-refractivity contribution in [1.29, 1.82) is 0 Å². The molecule has 4 heteroatoms. The third-order valence-corrected chi connectivity index (χ3v) is 5.21. The first kappa shape index (κ1) is 14.9. The van der Waals surface area contributed by atoms with E-state index in [1.807, 2.05) is 18.4 Å². The molecule has 1 N–H and O–H groups in total. The van der Waals surface area contributed by atoms with Crippen LogP contribution in [0, 0.1) is 0 Å². The van der Waals surface area contributed by atoms with E-state index in [1.165, 1.54) is 47.9 Å². The van der Waals surface area contributed by atoms with Crippen LogP contribution in [0.2, 0.25) is 0 Å². The summed E-state index contributed by atoms with van der Waals surface area (Å²) in [5, 5.41) is 4.56. The molecule has 0 bridgehead atoms. The van der Waals surface area contributed by atoms with Gasteiger partial charge < -0.3 is 10.2 Å². The molecule has 108 valence electrons. The fourth-order valence-corrected chi connectivity index (χ4v) is 4.01. The van der Waals surface area contributed by atoms with Crippen molar-refractivity contribution in [1.82, 2.24) is 15.2 Å². The van der Waals surface area contributed by atoms with E-state index in [0.717, 1.165) is 25.4 Å². The fraction of sp³-hybridized carbons (Fsp3) is 0.800. The van der Waals surface area contributed by atoms with E-state index in [2.05, 4.69) is 24.1 Å². The largest absolute Gasteiger partial charge is 0.315 e. The molecule has 0 aliphatic carbocycles. The second-order valence-corrected chi connectivity index (χ2v) is 6.66. The van der Waals surface area contributed by atoms with Gasteiger partial charge in [0.05, 0.1) is 10.7 Å². The Bertz CT molecular complexity index is 389. The van der Waals surface area contributed by atoms with Crippen molar-refractivity contribution in [2.24, 2.45) is 0 Å². The van der Waals surface area contributed by atoms with E-state index >= 15 is 0 Å². The quantitative estimate of drug-likeness (QED) is 0.869. The Kier molecular flexibility index (Phi) is 5.79. The number of aromatic nitrogens is 1. The smallest absolute Gasteiger partial charge is 0.0944 e. The number of likely N-dealkylation sites (tertiary alicyclic amines) is 1. The van der Waals surface area contributed by atoms with Crippen LogP contribution >= 0.6 is 11.3 Å². The van der Waals surface area contributed by atoms with Crippen LogP contribution in [0.15, 0.2) is 0 Å². The average Bonchev–Trinajstić information content (AvgIpc) is 2.81. The monoisotopic (exact) mass is 281 g/mol. The Morgan fingerprint density at radius 1 is 1.42 bits per heavy atom. The molecular weight excluding hydrogens is 254 g/mol. The number of hydrogen-bond donors (Lipinski definition) is 1. The van der Waals surface area contributed by atoms with E-state index < -0.39 is 0 Å². The standard InChI is InChI=1S/C15H27N3S/c1-4-13-14(11-16-3)19-15(17-13)8-10-18-9-6-5-7-12(18)2/h12,16H,4-11H2,1-3H3. The van der Waals surface area contributed by atoms with Crippen LogP contribution in [-0.2, 0) is 19.4 Å². The van der Waals surface area contributed by atoms with Gasteiger partial charge in [0.25, 0.3) is 0 Å². The highest BCUT2D eigenvalue weighted by Gasteiger charge is 2.18. The summed E-state index contributed by atoms with van der Waals surface area (Å²) in [4.78, 5) is 8.86. The summed E-state index contributed by atoms with van der Waals surface area (Å²) in [6, 6.07) is 0.760. The van der Waals surface area contributed by atoms with Crippen LogP contribution in [0.4, 0.5) is 0 Å². The molecule has 0 aromatic carbocycles. The van der Waals surface area contributed by atoms with Gasteiger partial charge in [0, 0.05) is 30.4 Å². The molecule has 1 aromatic heterocycles. The molecule has 1 aliphatic heterocycles. The topological polar surface area (TPSA) is 28.2 Å². The minimum Gasteiger partial charge on any atom is -0.315 e. The molecule has 0 saturated carbocycles. The number of rotatable bonds is 6. The van der Waals surface area contributed by atoms with E-state index in [1.54, 1.807) is 0 Å². The van der Waals surface area contributed by atoms with Crippen LogP contribution in [0.1, 0.15) is 48.7 Å². The molecule has 1 aliphatic rings. The van der Waals surface area contributed by atoms with E-state index in [-0.39, 0.29) is 0 Å². The van der Waals surface area contributed by atoms with Crippen LogP contribution < -0.4 is 5.32 Å². The van der Waals surface area contributed by atoms with Gasteiger partial charge in [-0.2, -0.15) is 0 Å². The number of thiazole rings is 1. The Labute approximate surface area is 121 Å². The Morgan fingerprint density at radius 3 is 2.95 bits per heavy atom. The maximum Gasteiger partial charge on any atom is 0.0944 e. The first-order valence-electron chi connectivity index (χ1n) is 7.60. The van der Waals surface area contributed by atoms with Crippen molar-refractivity contribution >= 4 is 11.3 Å². The highest BCUT2D eigenvalue weighted by Crippen LogP contribution is 2.21. The van der Waals surface area contributed by atoms with Crippen molar-refractivity contribution in [2.45, 2.75) is 58.5 Å². The summed E-state index contributed by atoms with van der Waals surface area (Å²) < 4.78 is 0. The lowest BCUT2D eigenvalue weighted by Gasteiger charge is -2.33. The number of piperidine rings is 1. The van der Waals surface area contributed by atoms with Gasteiger partial charge in [-0.1, -0.05) is 13.3 Å². The van der Waals surface area contributed by atoms with Crippen molar-refractivity contribution < 1.29 is 0 Å². The highest BCUT2D eigenvalue weighted by atomic mass is 32.1. The van der Waals surface area contributed by atoms with E-state index in [4.69, 9.17) is 4.98 Å². The molecule has 2 heterocycles. The second-order valence-electron chi connectivity index (χ2n) is 5.49. The average molecular weight is 281 g/mol. The molecule has 0 radical (unpaired) electrons. The minimum atomic E-state index is 0.760. The van der Waals surface area contributed by atoms with Gasteiger partial charge in [-0.3, -0.25) is 0 Å². The molecule has 1 aromatic rings. The van der Waals surface area contributed by atoms with Gasteiger partial charge in [-0.05, 0) is 39.8 Å². The summed E-state index contributed by atoms with van der Waals surface area (Å²) in [5.74, 6) is 0. The number of nitrogens with zero attached hydrogens (tertiary/aromatic N) is 2. The second kappa shape index (κ2) is 7.36. The summed E-state index contributed by atoms with van der Waals surface area (Å²) >= 11 is 1.90. The van der Waals surface area contributed by atoms with E-state index in [9.17, 15) is 0 Å². The van der Waals surface area contributed by atoms with Crippen LogP contribution in [0.3, 0.4) is 0 Å². The van der Waals surface area contributed by atoms with Crippen LogP contribution in [0.5, 0.6) is 0 Å². The molecule has 1 fully saturated rings. The van der Waals surface area contributed by atoms with Gasteiger partial charge in [-0.25, -0.2) is 4.98 Å². The number of nitrogens with one attached hydrogen (secondary N) is 1. The maximum atomic E-state index is 4.81. The van der Waals surface area contributed by atoms with Gasteiger partial charge >= 0.3 is 0 Å². The van der Waals surface area contributed by atoms with Crippen molar-refractivity contribution in [3.05, 3.63) is 15.6 Å². The van der Waals surface area contributed by atoms with E-state index in [0.29, 0.717) is 0 Å². The Hall–Kier alpha value is -0.450. The van der Waals surface area contributed by atoms with Gasteiger partial charge in [0.2, 0.25) is 0 Å². The molecule has 1 saturated heterocycles. The molecular formula is C15H27N3S. The lowest BCUT2D eigenvalue weighted by molar-refractivity contribution is 0.163. The van der Waals surface area contributed by atoms with Gasteiger partial charge in [0.15, 0.2) is 0 Å². The Morgan fingerprint density at radius 2 is 2.26 bits per heavy atom. The summed E-state index contributed by atoms with van der Waals surface area (Å²) in [5.41, 5.74) is 1.29. The first-order chi connectivity index (χ1) is 9.24. The SMILES string of the molecule is CCc1nc(CCN2CCCCC2C)sc1CNC. The van der Waals surface area contributed by atoms with Crippen LogP contribution in [0.25, 0.3) is 0 Å². The lowest BCUT2D eigenvalue weighted by Crippen LogP contribution is -2.38. The minimum absolute atomic E-state index is 0.760. The van der Waals surface area contributed by atoms with Crippen molar-refractivity contribution in [2.75, 3.05) is 20.1 Å². The van der Waals surface area contributed by atoms with Crippen molar-refractivity contribution in [3.8, 4) is 0 Å². The normalized spacial score (nSPS) is 20.9. The summed E-state index contributed by atoms with van der Waals surface area (Å²) in [7, 11) is 2.01. The third-order valence-electron chi connectivity index (χ3n) is 4.05. The highest BCUT2D eigenvalue weighted by molar-refractivity contribution is 7.11. The van der Waals surface area contributed by atoms with Crippen LogP contribution in [-0.4, -0.2) is 36.1 Å². The first-order valence-corrected chi connectivity index (χ1v) is 8.42. The summed E-state index contributed by atoms with van der Waals surface area (Å²) in [6.07, 6.45) is 6.30. The molecule has 0 spiro atoms. The third kappa shape index (κ3) is 4.01. The summed E-state index contributed by atoms with van der Waals surface area (Å²) in [6.45, 7) is 7.98.